The topological polar surface area (TPSA) is 93.8 Å². The van der Waals surface area contributed by atoms with E-state index < -0.39 is 12.2 Å². The van der Waals surface area contributed by atoms with Gasteiger partial charge in [0.2, 0.25) is 0 Å². The van der Waals surface area contributed by atoms with Gasteiger partial charge in [0.15, 0.2) is 0 Å². The highest BCUT2D eigenvalue weighted by molar-refractivity contribution is 5.64. The van der Waals surface area contributed by atoms with Crippen molar-refractivity contribution in [2.75, 3.05) is 26.3 Å². The number of ether oxygens (including phenoxy) is 2. The summed E-state index contributed by atoms with van der Waals surface area (Å²) >= 11 is 0. The number of nitrogens with two attached hydrogens (primary N) is 1. The van der Waals surface area contributed by atoms with Gasteiger partial charge in [0.1, 0.15) is 6.61 Å². The minimum atomic E-state index is -0.779. The van der Waals surface area contributed by atoms with Crippen LogP contribution in [-0.2, 0) is 9.47 Å². The predicted molar refractivity (Wildman–Crippen MR) is 76.4 cm³/mol. The van der Waals surface area contributed by atoms with Gasteiger partial charge in [-0.25, -0.2) is 4.79 Å². The summed E-state index contributed by atoms with van der Waals surface area (Å²) < 4.78 is 10.4. The van der Waals surface area contributed by atoms with Crippen molar-refractivity contribution in [3.63, 3.8) is 0 Å². The third-order valence-electron chi connectivity index (χ3n) is 3.77. The average molecular weight is 288 g/mol. The second-order valence-electron chi connectivity index (χ2n) is 5.35. The SMILES string of the molecule is CCC1CCCCC1OCC(O)CNCCOC(N)=O. The van der Waals surface area contributed by atoms with E-state index in [1.165, 1.54) is 19.3 Å². The van der Waals surface area contributed by atoms with Crippen molar-refractivity contribution in [2.45, 2.75) is 51.2 Å². The maximum atomic E-state index is 10.3. The molecule has 0 saturated heterocycles. The molecule has 0 radical (unpaired) electrons. The second kappa shape index (κ2) is 9.96. The lowest BCUT2D eigenvalue weighted by Gasteiger charge is -2.31. The van der Waals surface area contributed by atoms with E-state index in [0.717, 1.165) is 12.8 Å². The van der Waals surface area contributed by atoms with Crippen molar-refractivity contribution in [3.8, 4) is 0 Å². The summed E-state index contributed by atoms with van der Waals surface area (Å²) in [6.45, 7) is 3.66. The van der Waals surface area contributed by atoms with Gasteiger partial charge in [-0.1, -0.05) is 26.2 Å². The van der Waals surface area contributed by atoms with Crippen LogP contribution in [0.4, 0.5) is 4.79 Å². The molecule has 1 fully saturated rings. The summed E-state index contributed by atoms with van der Waals surface area (Å²) in [5, 5.41) is 12.8. The summed E-state index contributed by atoms with van der Waals surface area (Å²) in [6.07, 6.45) is 4.97. The van der Waals surface area contributed by atoms with Crippen LogP contribution in [0.2, 0.25) is 0 Å². The molecule has 1 aliphatic carbocycles. The quantitative estimate of drug-likeness (QED) is 0.551. The van der Waals surface area contributed by atoms with Crippen LogP contribution in [0.1, 0.15) is 39.0 Å². The van der Waals surface area contributed by atoms with Gasteiger partial charge >= 0.3 is 6.09 Å². The molecule has 6 nitrogen and oxygen atoms in total. The summed E-state index contributed by atoms with van der Waals surface area (Å²) in [5.41, 5.74) is 4.83. The van der Waals surface area contributed by atoms with Gasteiger partial charge in [-0.2, -0.15) is 0 Å². The van der Waals surface area contributed by atoms with E-state index in [1.807, 2.05) is 0 Å². The van der Waals surface area contributed by atoms with Crippen molar-refractivity contribution in [2.24, 2.45) is 11.7 Å². The fourth-order valence-corrected chi connectivity index (χ4v) is 2.65. The molecule has 0 aromatic carbocycles. The third-order valence-corrected chi connectivity index (χ3v) is 3.77. The van der Waals surface area contributed by atoms with Crippen molar-refractivity contribution in [3.05, 3.63) is 0 Å². The first kappa shape index (κ1) is 17.2. The number of aliphatic hydroxyl groups excluding tert-OH is 1. The zero-order valence-corrected chi connectivity index (χ0v) is 12.3. The molecule has 20 heavy (non-hydrogen) atoms. The maximum absolute atomic E-state index is 10.3. The van der Waals surface area contributed by atoms with Crippen molar-refractivity contribution in [1.29, 1.82) is 0 Å². The molecule has 1 amide bonds. The number of hydrogen-bond acceptors (Lipinski definition) is 5. The Bertz CT molecular complexity index is 276. The Kier molecular flexibility index (Phi) is 8.57. The van der Waals surface area contributed by atoms with Crippen LogP contribution in [0.15, 0.2) is 0 Å². The van der Waals surface area contributed by atoms with Gasteiger partial charge in [0.05, 0.1) is 18.8 Å². The number of rotatable bonds is 9. The molecule has 118 valence electrons. The predicted octanol–water partition coefficient (Wildman–Crippen LogP) is 1.02. The van der Waals surface area contributed by atoms with Crippen molar-refractivity contribution < 1.29 is 19.4 Å². The van der Waals surface area contributed by atoms with Crippen LogP contribution in [0.5, 0.6) is 0 Å². The molecule has 0 bridgehead atoms. The van der Waals surface area contributed by atoms with Crippen molar-refractivity contribution in [1.82, 2.24) is 5.32 Å². The smallest absolute Gasteiger partial charge is 0.404 e. The highest BCUT2D eigenvalue weighted by atomic mass is 16.5. The molecule has 1 saturated carbocycles. The number of primary amides is 1. The molecule has 0 aromatic rings. The van der Waals surface area contributed by atoms with Crippen LogP contribution in [0, 0.1) is 5.92 Å². The molecule has 0 spiro atoms. The Labute approximate surface area is 121 Å². The molecule has 1 rings (SSSR count). The molecule has 0 aliphatic heterocycles. The number of hydrogen-bond donors (Lipinski definition) is 3. The highest BCUT2D eigenvalue weighted by Crippen LogP contribution is 2.29. The van der Waals surface area contributed by atoms with Crippen LogP contribution < -0.4 is 11.1 Å². The Morgan fingerprint density at radius 2 is 2.20 bits per heavy atom. The largest absolute Gasteiger partial charge is 0.448 e. The monoisotopic (exact) mass is 288 g/mol. The Morgan fingerprint density at radius 3 is 2.90 bits per heavy atom. The van der Waals surface area contributed by atoms with Gasteiger partial charge in [-0.05, 0) is 18.8 Å². The first-order chi connectivity index (χ1) is 9.63. The third kappa shape index (κ3) is 7.07. The number of nitrogens with one attached hydrogen (secondary N) is 1. The number of carbonyl (C=O) groups is 1. The number of carbonyl (C=O) groups excluding carboxylic acids is 1. The minimum Gasteiger partial charge on any atom is -0.448 e. The van der Waals surface area contributed by atoms with E-state index in [0.29, 0.717) is 31.7 Å². The first-order valence-corrected chi connectivity index (χ1v) is 7.56. The Morgan fingerprint density at radius 1 is 1.45 bits per heavy atom. The number of aliphatic hydroxyl groups is 1. The highest BCUT2D eigenvalue weighted by Gasteiger charge is 2.24. The molecule has 3 atom stereocenters. The van der Waals surface area contributed by atoms with E-state index >= 15 is 0 Å². The molecule has 1 aliphatic rings. The Balaban J connectivity index is 2.06. The summed E-state index contributed by atoms with van der Waals surface area (Å²) in [6, 6.07) is 0. The van der Waals surface area contributed by atoms with Crippen molar-refractivity contribution >= 4 is 6.09 Å². The molecular weight excluding hydrogens is 260 g/mol. The lowest BCUT2D eigenvalue weighted by Crippen LogP contribution is -2.36. The lowest BCUT2D eigenvalue weighted by atomic mass is 9.85. The zero-order valence-electron chi connectivity index (χ0n) is 12.3. The molecule has 6 heteroatoms. The summed E-state index contributed by atoms with van der Waals surface area (Å²) in [7, 11) is 0. The van der Waals surface area contributed by atoms with E-state index in [2.05, 4.69) is 17.0 Å². The standard InChI is InChI=1S/C14H28N2O4/c1-2-11-5-3-4-6-13(11)20-10-12(17)9-16-7-8-19-14(15)18/h11-13,16-17H,2-10H2,1H3,(H2,15,18). The van der Waals surface area contributed by atoms with Crippen LogP contribution in [0.25, 0.3) is 0 Å². The van der Waals surface area contributed by atoms with Gasteiger partial charge in [-0.15, -0.1) is 0 Å². The molecular formula is C14H28N2O4. The van der Waals surface area contributed by atoms with E-state index in [9.17, 15) is 9.90 Å². The average Bonchev–Trinajstić information content (AvgIpc) is 2.44. The minimum absolute atomic E-state index is 0.212. The Hall–Kier alpha value is -0.850. The fraction of sp³-hybridized carbons (Fsp3) is 0.929. The van der Waals surface area contributed by atoms with E-state index in [4.69, 9.17) is 10.5 Å². The molecule has 0 aromatic heterocycles. The number of amides is 1. The van der Waals surface area contributed by atoms with Crippen LogP contribution in [-0.4, -0.2) is 49.7 Å². The fourth-order valence-electron chi connectivity index (χ4n) is 2.65. The second-order valence-corrected chi connectivity index (χ2v) is 5.35. The summed E-state index contributed by atoms with van der Waals surface area (Å²) in [4.78, 5) is 10.3. The van der Waals surface area contributed by atoms with Gasteiger partial charge in [0, 0.05) is 13.1 Å². The van der Waals surface area contributed by atoms with Gasteiger partial charge < -0.3 is 25.6 Å². The first-order valence-electron chi connectivity index (χ1n) is 7.56. The van der Waals surface area contributed by atoms with E-state index in [-0.39, 0.29) is 6.61 Å². The maximum Gasteiger partial charge on any atom is 0.404 e. The lowest BCUT2D eigenvalue weighted by molar-refractivity contribution is -0.0499. The zero-order chi connectivity index (χ0) is 14.8. The normalized spacial score (nSPS) is 24.3. The van der Waals surface area contributed by atoms with Gasteiger partial charge in [0.25, 0.3) is 0 Å². The van der Waals surface area contributed by atoms with Crippen LogP contribution >= 0.6 is 0 Å². The van der Waals surface area contributed by atoms with Gasteiger partial charge in [-0.3, -0.25) is 0 Å². The molecule has 0 heterocycles. The van der Waals surface area contributed by atoms with Crippen LogP contribution in [0.3, 0.4) is 0 Å². The summed E-state index contributed by atoms with van der Waals surface area (Å²) in [5.74, 6) is 0.632. The van der Waals surface area contributed by atoms with E-state index in [1.54, 1.807) is 0 Å². The molecule has 4 N–H and O–H groups in total. The molecule has 3 unspecified atom stereocenters.